The summed E-state index contributed by atoms with van der Waals surface area (Å²) in [5.41, 5.74) is -1.90. The number of halogens is 6. The minimum absolute atomic E-state index is 0.0839. The van der Waals surface area contributed by atoms with Gasteiger partial charge in [0.2, 0.25) is 0 Å². The van der Waals surface area contributed by atoms with E-state index in [0.29, 0.717) is 12.1 Å². The average molecular weight is 394 g/mol. The molecule has 0 spiro atoms. The minimum atomic E-state index is -4.81. The summed E-state index contributed by atoms with van der Waals surface area (Å²) < 4.78 is 76.9. The summed E-state index contributed by atoms with van der Waals surface area (Å²) in [6.45, 7) is 0. The van der Waals surface area contributed by atoms with Crippen LogP contribution in [0.3, 0.4) is 0 Å². The number of hydrogen-bond acceptors (Lipinski definition) is 3. The molecule has 0 radical (unpaired) electrons. The van der Waals surface area contributed by atoms with E-state index >= 15 is 0 Å². The van der Waals surface area contributed by atoms with Crippen molar-refractivity contribution in [2.45, 2.75) is 11.1 Å². The van der Waals surface area contributed by atoms with Crippen molar-refractivity contribution < 1.29 is 26.0 Å². The summed E-state index contributed by atoms with van der Waals surface area (Å²) >= 11 is 12.1. The monoisotopic (exact) mass is 393 g/mol. The van der Waals surface area contributed by atoms with Crippen molar-refractivity contribution in [2.75, 3.05) is 4.72 Å². The van der Waals surface area contributed by atoms with E-state index in [4.69, 9.17) is 23.2 Å². The second-order valence-electron chi connectivity index (χ2n) is 4.02. The molecule has 1 N–H and O–H groups in total. The summed E-state index contributed by atoms with van der Waals surface area (Å²) in [5, 5.41) is 0. The SMILES string of the molecule is O=S(=O)(Nc1cc(F)cc(C(F)(F)F)c1)c1cc(Cl)sc1Cl. The van der Waals surface area contributed by atoms with Gasteiger partial charge in [-0.05, 0) is 24.3 Å². The minimum Gasteiger partial charge on any atom is -0.279 e. The molecule has 0 unspecified atom stereocenters. The van der Waals surface area contributed by atoms with Crippen molar-refractivity contribution in [3.8, 4) is 0 Å². The third kappa shape index (κ3) is 3.83. The number of anilines is 1. The summed E-state index contributed by atoms with van der Waals surface area (Å²) in [7, 11) is -4.29. The van der Waals surface area contributed by atoms with Gasteiger partial charge < -0.3 is 0 Å². The van der Waals surface area contributed by atoms with Crippen LogP contribution in [-0.2, 0) is 16.2 Å². The zero-order valence-electron chi connectivity index (χ0n) is 10.2. The Morgan fingerprint density at radius 3 is 2.23 bits per heavy atom. The van der Waals surface area contributed by atoms with E-state index in [1.54, 1.807) is 0 Å². The van der Waals surface area contributed by atoms with Crippen LogP contribution < -0.4 is 4.72 Å². The van der Waals surface area contributed by atoms with Gasteiger partial charge in [-0.1, -0.05) is 23.2 Å². The molecule has 0 aliphatic carbocycles. The smallest absolute Gasteiger partial charge is 0.279 e. The zero-order chi connectivity index (χ0) is 16.7. The molecule has 0 bridgehead atoms. The van der Waals surface area contributed by atoms with Crippen LogP contribution >= 0.6 is 34.5 Å². The fourth-order valence-corrected chi connectivity index (χ4v) is 4.72. The molecule has 0 amide bonds. The Labute approximate surface area is 136 Å². The van der Waals surface area contributed by atoms with Gasteiger partial charge in [-0.2, -0.15) is 13.2 Å². The molecule has 1 aromatic heterocycles. The fourth-order valence-electron chi connectivity index (χ4n) is 1.53. The lowest BCUT2D eigenvalue weighted by molar-refractivity contribution is -0.137. The van der Waals surface area contributed by atoms with Crippen molar-refractivity contribution in [1.29, 1.82) is 0 Å². The summed E-state index contributed by atoms with van der Waals surface area (Å²) in [6.07, 6.45) is -4.81. The van der Waals surface area contributed by atoms with Gasteiger partial charge in [-0.3, -0.25) is 4.72 Å². The molecule has 0 saturated heterocycles. The highest BCUT2D eigenvalue weighted by Gasteiger charge is 2.32. The van der Waals surface area contributed by atoms with E-state index < -0.39 is 38.2 Å². The molecular formula is C11H5Cl2F4NO2S2. The first-order valence-electron chi connectivity index (χ1n) is 5.34. The van der Waals surface area contributed by atoms with Crippen LogP contribution in [0.2, 0.25) is 8.67 Å². The Balaban J connectivity index is 2.42. The van der Waals surface area contributed by atoms with Crippen LogP contribution in [0.5, 0.6) is 0 Å². The highest BCUT2D eigenvalue weighted by molar-refractivity contribution is 7.93. The van der Waals surface area contributed by atoms with Gasteiger partial charge in [-0.25, -0.2) is 12.8 Å². The Morgan fingerprint density at radius 1 is 1.09 bits per heavy atom. The first-order chi connectivity index (χ1) is 9.99. The van der Waals surface area contributed by atoms with Gasteiger partial charge in [0.1, 0.15) is 15.0 Å². The second-order valence-corrected chi connectivity index (χ2v) is 7.96. The average Bonchev–Trinajstić information content (AvgIpc) is 2.66. The van der Waals surface area contributed by atoms with E-state index in [-0.39, 0.29) is 14.7 Å². The summed E-state index contributed by atoms with van der Waals surface area (Å²) in [4.78, 5) is -0.401. The highest BCUT2D eigenvalue weighted by atomic mass is 35.5. The topological polar surface area (TPSA) is 46.2 Å². The molecule has 0 fully saturated rings. The fraction of sp³-hybridized carbons (Fsp3) is 0.0909. The molecule has 0 saturated carbocycles. The van der Waals surface area contributed by atoms with Crippen LogP contribution in [-0.4, -0.2) is 8.42 Å². The predicted octanol–water partition coefficient (Wildman–Crippen LogP) is 5.01. The molecule has 1 aromatic carbocycles. The van der Waals surface area contributed by atoms with Crippen LogP contribution in [0.15, 0.2) is 29.2 Å². The highest BCUT2D eigenvalue weighted by Crippen LogP contribution is 2.36. The van der Waals surface area contributed by atoms with E-state index in [1.807, 2.05) is 4.72 Å². The summed E-state index contributed by atoms with van der Waals surface area (Å²) in [6, 6.07) is 2.39. The standard InChI is InChI=1S/C11H5Cl2F4NO2S2/c12-9-4-8(10(13)21-9)22(19,20)18-7-2-5(11(15,16)17)1-6(14)3-7/h1-4,18H. The molecular weight excluding hydrogens is 389 g/mol. The van der Waals surface area contributed by atoms with Gasteiger partial charge in [0.25, 0.3) is 10.0 Å². The van der Waals surface area contributed by atoms with Crippen molar-refractivity contribution in [3.63, 3.8) is 0 Å². The Hall–Kier alpha value is -1.03. The van der Waals surface area contributed by atoms with Gasteiger partial charge in [0, 0.05) is 0 Å². The Morgan fingerprint density at radius 2 is 1.73 bits per heavy atom. The number of alkyl halides is 3. The van der Waals surface area contributed by atoms with Crippen LogP contribution in [0.1, 0.15) is 5.56 Å². The normalized spacial score (nSPS) is 12.5. The lowest BCUT2D eigenvalue weighted by atomic mass is 10.2. The van der Waals surface area contributed by atoms with E-state index in [2.05, 4.69) is 0 Å². The first kappa shape index (κ1) is 17.3. The van der Waals surface area contributed by atoms with Crippen molar-refractivity contribution >= 4 is 50.2 Å². The number of benzene rings is 1. The van der Waals surface area contributed by atoms with E-state index in [0.717, 1.165) is 17.4 Å². The predicted molar refractivity (Wildman–Crippen MR) is 76.5 cm³/mol. The summed E-state index contributed by atoms with van der Waals surface area (Å²) in [5.74, 6) is -1.23. The lowest BCUT2D eigenvalue weighted by Crippen LogP contribution is -2.14. The number of hydrogen-bond donors (Lipinski definition) is 1. The maximum Gasteiger partial charge on any atom is 0.416 e. The molecule has 11 heteroatoms. The zero-order valence-corrected chi connectivity index (χ0v) is 13.4. The number of nitrogens with one attached hydrogen (secondary N) is 1. The van der Waals surface area contributed by atoms with Gasteiger partial charge in [-0.15, -0.1) is 11.3 Å². The third-order valence-electron chi connectivity index (χ3n) is 2.39. The van der Waals surface area contributed by atoms with E-state index in [1.165, 1.54) is 0 Å². The molecule has 0 aliphatic heterocycles. The van der Waals surface area contributed by atoms with E-state index in [9.17, 15) is 26.0 Å². The van der Waals surface area contributed by atoms with Gasteiger partial charge >= 0.3 is 6.18 Å². The lowest BCUT2D eigenvalue weighted by Gasteiger charge is -2.11. The maximum atomic E-state index is 13.2. The molecule has 3 nitrogen and oxygen atoms in total. The molecule has 22 heavy (non-hydrogen) atoms. The maximum absolute atomic E-state index is 13.2. The molecule has 2 aromatic rings. The number of thiophene rings is 1. The van der Waals surface area contributed by atoms with Crippen molar-refractivity contribution in [3.05, 3.63) is 44.3 Å². The Bertz CT molecular complexity index is 818. The van der Waals surface area contributed by atoms with Gasteiger partial charge in [0.05, 0.1) is 15.6 Å². The Kier molecular flexibility index (Phi) is 4.63. The number of rotatable bonds is 3. The molecule has 0 aliphatic rings. The molecule has 2 rings (SSSR count). The molecule has 0 atom stereocenters. The quantitative estimate of drug-likeness (QED) is 0.744. The second kappa shape index (κ2) is 5.88. The molecule has 120 valence electrons. The van der Waals surface area contributed by atoms with Crippen LogP contribution in [0.4, 0.5) is 23.2 Å². The van der Waals surface area contributed by atoms with Crippen LogP contribution in [0, 0.1) is 5.82 Å². The first-order valence-corrected chi connectivity index (χ1v) is 8.40. The molecule has 1 heterocycles. The van der Waals surface area contributed by atoms with Crippen LogP contribution in [0.25, 0.3) is 0 Å². The van der Waals surface area contributed by atoms with Crippen molar-refractivity contribution in [1.82, 2.24) is 0 Å². The van der Waals surface area contributed by atoms with Crippen molar-refractivity contribution in [2.24, 2.45) is 0 Å². The largest absolute Gasteiger partial charge is 0.416 e. The van der Waals surface area contributed by atoms with Gasteiger partial charge in [0.15, 0.2) is 0 Å². The number of sulfonamides is 1. The third-order valence-corrected chi connectivity index (χ3v) is 5.53.